The van der Waals surface area contributed by atoms with Crippen molar-refractivity contribution in [3.63, 3.8) is 0 Å². The van der Waals surface area contributed by atoms with Crippen LogP contribution in [0.4, 0.5) is 0 Å². The molecule has 0 aromatic rings. The molecule has 0 aromatic heterocycles. The van der Waals surface area contributed by atoms with Gasteiger partial charge >= 0.3 is 0 Å². The van der Waals surface area contributed by atoms with Gasteiger partial charge in [0.05, 0.1) is 19.1 Å². The van der Waals surface area contributed by atoms with Gasteiger partial charge in [0, 0.05) is 0 Å². The molecule has 2 N–H and O–H groups in total. The molecule has 0 radical (unpaired) electrons. The van der Waals surface area contributed by atoms with Crippen molar-refractivity contribution < 1.29 is 14.7 Å². The van der Waals surface area contributed by atoms with Crippen molar-refractivity contribution in [3.8, 4) is 0 Å². The van der Waals surface area contributed by atoms with Crippen molar-refractivity contribution in [2.45, 2.75) is 32.7 Å². The van der Waals surface area contributed by atoms with Gasteiger partial charge in [-0.3, -0.25) is 9.59 Å². The number of ketones is 1. The van der Waals surface area contributed by atoms with Crippen LogP contribution in [0.25, 0.3) is 0 Å². The van der Waals surface area contributed by atoms with Gasteiger partial charge < -0.3 is 10.4 Å². The average molecular weight is 173 g/mol. The summed E-state index contributed by atoms with van der Waals surface area (Å²) >= 11 is 0. The first-order valence-electron chi connectivity index (χ1n) is 3.99. The number of Topliss-reactive ketones (excluding diaryl/α,β-unsaturated/α-hetero) is 1. The lowest BCUT2D eigenvalue weighted by molar-refractivity contribution is -0.127. The zero-order valence-corrected chi connectivity index (χ0v) is 7.46. The molecule has 4 nitrogen and oxygen atoms in total. The summed E-state index contributed by atoms with van der Waals surface area (Å²) in [5, 5.41) is 11.2. The van der Waals surface area contributed by atoms with Crippen molar-refractivity contribution >= 4 is 11.7 Å². The second-order valence-corrected chi connectivity index (χ2v) is 2.73. The number of hydrogen-bond donors (Lipinski definition) is 2. The first kappa shape index (κ1) is 11.1. The second kappa shape index (κ2) is 5.71. The Hall–Kier alpha value is -0.900. The first-order chi connectivity index (χ1) is 5.60. The Bertz CT molecular complexity index is 164. The molecular formula is C8H15NO3. The lowest BCUT2D eigenvalue weighted by atomic mass is 10.2. The fourth-order valence-corrected chi connectivity index (χ4v) is 0.782. The van der Waals surface area contributed by atoms with Crippen LogP contribution in [0.1, 0.15) is 26.7 Å². The fraction of sp³-hybridized carbons (Fsp3) is 0.750. The van der Waals surface area contributed by atoms with Crippen LogP contribution in [0.3, 0.4) is 0 Å². The Kier molecular flexibility index (Phi) is 5.28. The topological polar surface area (TPSA) is 66.4 Å². The number of aliphatic hydroxyl groups excluding tert-OH is 1. The van der Waals surface area contributed by atoms with Crippen molar-refractivity contribution in [3.05, 3.63) is 0 Å². The normalized spacial score (nSPS) is 12.2. The van der Waals surface area contributed by atoms with Gasteiger partial charge in [0.1, 0.15) is 5.78 Å². The number of hydrogen-bond acceptors (Lipinski definition) is 3. The van der Waals surface area contributed by atoms with Crippen LogP contribution >= 0.6 is 0 Å². The Morgan fingerprint density at radius 3 is 2.42 bits per heavy atom. The van der Waals surface area contributed by atoms with E-state index in [9.17, 15) is 9.59 Å². The van der Waals surface area contributed by atoms with Gasteiger partial charge in [-0.05, 0) is 13.3 Å². The molecule has 1 atom stereocenters. The van der Waals surface area contributed by atoms with Crippen LogP contribution in [0.15, 0.2) is 0 Å². The Morgan fingerprint density at radius 2 is 2.08 bits per heavy atom. The summed E-state index contributed by atoms with van der Waals surface area (Å²) < 4.78 is 0. The smallest absolute Gasteiger partial charge is 0.227 e. The van der Waals surface area contributed by atoms with Crippen molar-refractivity contribution in [1.29, 1.82) is 0 Å². The number of rotatable bonds is 5. The number of aliphatic hydroxyl groups is 1. The molecule has 0 rings (SSSR count). The number of nitrogens with one attached hydrogen (secondary N) is 1. The summed E-state index contributed by atoms with van der Waals surface area (Å²) in [6, 6.07) is -0.225. The predicted molar refractivity (Wildman–Crippen MR) is 44.6 cm³/mol. The van der Waals surface area contributed by atoms with E-state index in [0.717, 1.165) is 0 Å². The third-order valence-corrected chi connectivity index (χ3v) is 1.49. The van der Waals surface area contributed by atoms with E-state index >= 15 is 0 Å². The van der Waals surface area contributed by atoms with Crippen molar-refractivity contribution in [2.24, 2.45) is 0 Å². The molecule has 0 aromatic carbocycles. The molecule has 0 bridgehead atoms. The van der Waals surface area contributed by atoms with Gasteiger partial charge in [0.2, 0.25) is 5.91 Å². The first-order valence-corrected chi connectivity index (χ1v) is 3.99. The SMILES string of the molecule is CC[C@H](CO)NC(=O)CC(C)=O. The maximum atomic E-state index is 10.9. The monoisotopic (exact) mass is 173 g/mol. The molecular weight excluding hydrogens is 158 g/mol. The minimum atomic E-state index is -0.316. The Balaban J connectivity index is 3.74. The molecule has 70 valence electrons. The number of amides is 1. The maximum absolute atomic E-state index is 10.9. The average Bonchev–Trinajstić information content (AvgIpc) is 1.98. The van der Waals surface area contributed by atoms with E-state index in [-0.39, 0.29) is 30.8 Å². The molecule has 0 fully saturated rings. The summed E-state index contributed by atoms with van der Waals surface area (Å²) in [5.41, 5.74) is 0. The molecule has 0 saturated carbocycles. The summed E-state index contributed by atoms with van der Waals surface area (Å²) in [7, 11) is 0. The van der Waals surface area contributed by atoms with Gasteiger partial charge in [-0.2, -0.15) is 0 Å². The largest absolute Gasteiger partial charge is 0.394 e. The van der Waals surface area contributed by atoms with Gasteiger partial charge in [0.25, 0.3) is 0 Å². The molecule has 0 aliphatic rings. The highest BCUT2D eigenvalue weighted by atomic mass is 16.3. The van der Waals surface area contributed by atoms with Gasteiger partial charge in [-0.1, -0.05) is 6.92 Å². The minimum Gasteiger partial charge on any atom is -0.394 e. The van der Waals surface area contributed by atoms with Gasteiger partial charge in [0.15, 0.2) is 0 Å². The zero-order valence-electron chi connectivity index (χ0n) is 7.46. The molecule has 0 saturated heterocycles. The summed E-state index contributed by atoms with van der Waals surface area (Å²) in [5.74, 6) is -0.483. The van der Waals surface area contributed by atoms with Gasteiger partial charge in [-0.15, -0.1) is 0 Å². The highest BCUT2D eigenvalue weighted by Gasteiger charge is 2.09. The quantitative estimate of drug-likeness (QED) is 0.568. The fourth-order valence-electron chi connectivity index (χ4n) is 0.782. The highest BCUT2D eigenvalue weighted by Crippen LogP contribution is 1.90. The predicted octanol–water partition coefficient (Wildman–Crippen LogP) is -0.147. The zero-order chi connectivity index (χ0) is 9.56. The minimum absolute atomic E-state index is 0.0832. The third kappa shape index (κ3) is 4.85. The Labute approximate surface area is 72.0 Å². The third-order valence-electron chi connectivity index (χ3n) is 1.49. The summed E-state index contributed by atoms with van der Waals surface area (Å²) in [6.45, 7) is 3.13. The van der Waals surface area contributed by atoms with Crippen LogP contribution in [-0.2, 0) is 9.59 Å². The van der Waals surface area contributed by atoms with Crippen LogP contribution in [-0.4, -0.2) is 29.4 Å². The lowest BCUT2D eigenvalue weighted by Gasteiger charge is -2.12. The summed E-state index contributed by atoms with van der Waals surface area (Å²) in [4.78, 5) is 21.4. The van der Waals surface area contributed by atoms with E-state index in [4.69, 9.17) is 5.11 Å². The van der Waals surface area contributed by atoms with E-state index in [0.29, 0.717) is 6.42 Å². The lowest BCUT2D eigenvalue weighted by Crippen LogP contribution is -2.37. The van der Waals surface area contributed by atoms with Crippen molar-refractivity contribution in [2.75, 3.05) is 6.61 Å². The molecule has 0 aliphatic heterocycles. The van der Waals surface area contributed by atoms with Crippen molar-refractivity contribution in [1.82, 2.24) is 5.32 Å². The van der Waals surface area contributed by atoms with E-state index < -0.39 is 0 Å². The second-order valence-electron chi connectivity index (χ2n) is 2.73. The molecule has 0 spiro atoms. The van der Waals surface area contributed by atoms with E-state index in [1.165, 1.54) is 6.92 Å². The van der Waals surface area contributed by atoms with Crippen LogP contribution in [0.5, 0.6) is 0 Å². The number of carbonyl (C=O) groups is 2. The number of carbonyl (C=O) groups excluding carboxylic acids is 2. The van der Waals surface area contributed by atoms with E-state index in [2.05, 4.69) is 5.32 Å². The molecule has 4 heteroatoms. The Morgan fingerprint density at radius 1 is 1.50 bits per heavy atom. The molecule has 0 heterocycles. The maximum Gasteiger partial charge on any atom is 0.227 e. The molecule has 0 aliphatic carbocycles. The molecule has 0 unspecified atom stereocenters. The molecule has 1 amide bonds. The van der Waals surface area contributed by atoms with Crippen LogP contribution in [0, 0.1) is 0 Å². The van der Waals surface area contributed by atoms with Crippen LogP contribution in [0.2, 0.25) is 0 Å². The molecule has 12 heavy (non-hydrogen) atoms. The van der Waals surface area contributed by atoms with Gasteiger partial charge in [-0.25, -0.2) is 0 Å². The van der Waals surface area contributed by atoms with Crippen LogP contribution < -0.4 is 5.32 Å². The standard InChI is InChI=1S/C8H15NO3/c1-3-7(5-10)9-8(12)4-6(2)11/h7,10H,3-5H2,1-2H3,(H,9,12)/t7-/m1/s1. The van der Waals surface area contributed by atoms with E-state index in [1.807, 2.05) is 6.92 Å². The van der Waals surface area contributed by atoms with E-state index in [1.54, 1.807) is 0 Å². The summed E-state index contributed by atoms with van der Waals surface area (Å²) in [6.07, 6.45) is 0.566. The highest BCUT2D eigenvalue weighted by molar-refractivity contribution is 5.96.